The number of amides is 1. The first-order valence-electron chi connectivity index (χ1n) is 2.50. The predicted molar refractivity (Wildman–Crippen MR) is 43.1 cm³/mol. The summed E-state index contributed by atoms with van der Waals surface area (Å²) in [5.41, 5.74) is 5.38. The molecule has 1 aromatic heterocycles. The van der Waals surface area contributed by atoms with E-state index in [1.54, 1.807) is 18.3 Å². The van der Waals surface area contributed by atoms with Gasteiger partial charge in [0.1, 0.15) is 0 Å². The number of nitrogens with zero attached hydrogens (tertiary/aromatic N) is 1. The summed E-state index contributed by atoms with van der Waals surface area (Å²) in [6.07, 6.45) is 3.02. The molecule has 0 aliphatic rings. The lowest BCUT2D eigenvalue weighted by Gasteiger charge is -1.88. The average Bonchev–Trinajstić information content (AvgIpc) is 1.90. The van der Waals surface area contributed by atoms with Gasteiger partial charge in [0, 0.05) is 12.4 Å². The van der Waals surface area contributed by atoms with Gasteiger partial charge in [-0.1, -0.05) is 0 Å². The number of rotatable bonds is 1. The molecule has 0 fully saturated rings. The summed E-state index contributed by atoms with van der Waals surface area (Å²) >= 11 is 0. The highest BCUT2D eigenvalue weighted by Gasteiger charge is 1.94. The topological polar surface area (TPSA) is 56.0 Å². The van der Waals surface area contributed by atoms with E-state index in [4.69, 9.17) is 5.73 Å². The molecule has 0 saturated carbocycles. The van der Waals surface area contributed by atoms with Gasteiger partial charge in [-0.05, 0) is 12.1 Å². The number of carbonyl (C=O) groups is 1. The third-order valence-corrected chi connectivity index (χ3v) is 0.946. The van der Waals surface area contributed by atoms with Crippen molar-refractivity contribution >= 4 is 19.4 Å². The Morgan fingerprint density at radius 3 is 2.60 bits per heavy atom. The van der Waals surface area contributed by atoms with Crippen molar-refractivity contribution in [3.8, 4) is 0 Å². The second-order valence-corrected chi connectivity index (χ2v) is 1.61. The van der Waals surface area contributed by atoms with Crippen LogP contribution < -0.4 is 5.73 Å². The van der Waals surface area contributed by atoms with Gasteiger partial charge in [0.05, 0.1) is 5.56 Å². The summed E-state index contributed by atoms with van der Waals surface area (Å²) in [5.74, 6) is -0.442. The largest absolute Gasteiger partial charge is 0.366 e. The molecule has 2 N–H and O–H groups in total. The number of hydrogen-bond donors (Lipinski definition) is 1. The predicted octanol–water partition coefficient (Wildman–Crippen LogP) is 0.293. The molecule has 0 unspecified atom stereocenters. The zero-order valence-electron chi connectivity index (χ0n) is 5.24. The van der Waals surface area contributed by atoms with Gasteiger partial charge in [-0.3, -0.25) is 9.78 Å². The van der Waals surface area contributed by atoms with Gasteiger partial charge < -0.3 is 5.73 Å². The van der Waals surface area contributed by atoms with Crippen molar-refractivity contribution in [3.05, 3.63) is 30.1 Å². The van der Waals surface area contributed by atoms with E-state index < -0.39 is 5.91 Å². The molecule has 54 valence electrons. The monoisotopic (exact) mass is 156 g/mol. The Morgan fingerprint density at radius 2 is 2.30 bits per heavy atom. The zero-order chi connectivity index (χ0) is 6.69. The highest BCUT2D eigenvalue weighted by atomic mass is 32.1. The molecule has 0 aliphatic carbocycles. The third kappa shape index (κ3) is 2.06. The molecule has 0 radical (unpaired) electrons. The van der Waals surface area contributed by atoms with E-state index >= 15 is 0 Å². The second-order valence-electron chi connectivity index (χ2n) is 1.61. The van der Waals surface area contributed by atoms with Crippen molar-refractivity contribution in [1.82, 2.24) is 4.98 Å². The summed E-state index contributed by atoms with van der Waals surface area (Å²) in [5, 5.41) is 0. The highest BCUT2D eigenvalue weighted by Crippen LogP contribution is 1.91. The van der Waals surface area contributed by atoms with E-state index in [1.165, 1.54) is 6.20 Å². The fraction of sp³-hybridized carbons (Fsp3) is 0. The fourth-order valence-electron chi connectivity index (χ4n) is 0.509. The van der Waals surface area contributed by atoms with E-state index in [1.807, 2.05) is 0 Å². The van der Waals surface area contributed by atoms with Gasteiger partial charge in [0.25, 0.3) is 0 Å². The van der Waals surface area contributed by atoms with Crippen molar-refractivity contribution in [2.24, 2.45) is 5.73 Å². The van der Waals surface area contributed by atoms with Gasteiger partial charge in [-0.25, -0.2) is 0 Å². The molecule has 10 heavy (non-hydrogen) atoms. The Hall–Kier alpha value is -1.03. The summed E-state index contributed by atoms with van der Waals surface area (Å²) in [6.45, 7) is 0. The molecule has 0 aliphatic heterocycles. The maximum atomic E-state index is 10.4. The summed E-state index contributed by atoms with van der Waals surface area (Å²) in [6, 6.07) is 3.29. The second kappa shape index (κ2) is 3.90. The highest BCUT2D eigenvalue weighted by molar-refractivity contribution is 7.59. The van der Waals surface area contributed by atoms with Crippen molar-refractivity contribution in [2.75, 3.05) is 0 Å². The molecule has 0 spiro atoms. The van der Waals surface area contributed by atoms with Crippen LogP contribution >= 0.6 is 13.5 Å². The van der Waals surface area contributed by atoms with Crippen LogP contribution in [-0.4, -0.2) is 10.9 Å². The number of carbonyl (C=O) groups excluding carboxylic acids is 1. The summed E-state index contributed by atoms with van der Waals surface area (Å²) < 4.78 is 0. The Labute approximate surface area is 65.7 Å². The minimum Gasteiger partial charge on any atom is -0.366 e. The first-order chi connectivity index (χ1) is 4.30. The Morgan fingerprint density at radius 1 is 1.60 bits per heavy atom. The molecule has 0 bridgehead atoms. The number of pyridine rings is 1. The van der Waals surface area contributed by atoms with Crippen LogP contribution in [0.4, 0.5) is 0 Å². The minimum atomic E-state index is -0.442. The first-order valence-corrected chi connectivity index (χ1v) is 2.50. The van der Waals surface area contributed by atoms with Crippen LogP contribution in [0.2, 0.25) is 0 Å². The fourth-order valence-corrected chi connectivity index (χ4v) is 0.509. The lowest BCUT2D eigenvalue weighted by atomic mass is 10.3. The maximum absolute atomic E-state index is 10.4. The molecule has 1 aromatic rings. The molecular weight excluding hydrogens is 148 g/mol. The van der Waals surface area contributed by atoms with E-state index in [0.717, 1.165) is 0 Å². The molecule has 3 nitrogen and oxygen atoms in total. The Balaban J connectivity index is 0.000000810. The SMILES string of the molecule is NC(=O)c1cccnc1.S. The van der Waals surface area contributed by atoms with Crippen molar-refractivity contribution in [3.63, 3.8) is 0 Å². The minimum absolute atomic E-state index is 0. The number of primary amides is 1. The van der Waals surface area contributed by atoms with Gasteiger partial charge >= 0.3 is 0 Å². The lowest BCUT2D eigenvalue weighted by Crippen LogP contribution is -2.10. The standard InChI is InChI=1S/C6H6N2O.H2S/c7-6(9)5-2-1-3-8-4-5;/h1-4H,(H2,7,9);1H2. The lowest BCUT2D eigenvalue weighted by molar-refractivity contribution is 0.1000. The molecular formula is C6H8N2OS. The molecule has 0 saturated heterocycles. The molecule has 1 rings (SSSR count). The van der Waals surface area contributed by atoms with E-state index in [-0.39, 0.29) is 13.5 Å². The Kier molecular flexibility index (Phi) is 3.49. The van der Waals surface area contributed by atoms with Gasteiger partial charge in [0.2, 0.25) is 5.91 Å². The maximum Gasteiger partial charge on any atom is 0.250 e. The van der Waals surface area contributed by atoms with Crippen LogP contribution in [0.5, 0.6) is 0 Å². The van der Waals surface area contributed by atoms with Crippen LogP contribution in [0.1, 0.15) is 10.4 Å². The molecule has 0 aromatic carbocycles. The van der Waals surface area contributed by atoms with Crippen molar-refractivity contribution < 1.29 is 4.79 Å². The van der Waals surface area contributed by atoms with E-state index in [2.05, 4.69) is 4.98 Å². The van der Waals surface area contributed by atoms with Crippen LogP contribution in [0.25, 0.3) is 0 Å². The molecule has 4 heteroatoms. The quantitative estimate of drug-likeness (QED) is 0.635. The number of nitrogens with two attached hydrogens (primary N) is 1. The first kappa shape index (κ1) is 8.97. The van der Waals surface area contributed by atoms with Crippen molar-refractivity contribution in [2.45, 2.75) is 0 Å². The molecule has 1 heterocycles. The average molecular weight is 156 g/mol. The third-order valence-electron chi connectivity index (χ3n) is 0.946. The smallest absolute Gasteiger partial charge is 0.250 e. The molecule has 1 amide bonds. The van der Waals surface area contributed by atoms with Gasteiger partial charge in [0.15, 0.2) is 0 Å². The molecule has 0 atom stereocenters. The zero-order valence-corrected chi connectivity index (χ0v) is 6.24. The summed E-state index contributed by atoms with van der Waals surface area (Å²) in [7, 11) is 0. The van der Waals surface area contributed by atoms with Crippen LogP contribution in [0, 0.1) is 0 Å². The van der Waals surface area contributed by atoms with E-state index in [9.17, 15) is 4.79 Å². The van der Waals surface area contributed by atoms with Crippen LogP contribution in [0.3, 0.4) is 0 Å². The summed E-state index contributed by atoms with van der Waals surface area (Å²) in [4.78, 5) is 14.1. The number of hydrogen-bond acceptors (Lipinski definition) is 2. The van der Waals surface area contributed by atoms with E-state index in [0.29, 0.717) is 5.56 Å². The van der Waals surface area contributed by atoms with Gasteiger partial charge in [-0.15, -0.1) is 0 Å². The van der Waals surface area contributed by atoms with Crippen molar-refractivity contribution in [1.29, 1.82) is 0 Å². The Bertz CT molecular complexity index is 212. The van der Waals surface area contributed by atoms with Gasteiger partial charge in [-0.2, -0.15) is 13.5 Å². The van der Waals surface area contributed by atoms with Crippen LogP contribution in [0.15, 0.2) is 24.5 Å². The van der Waals surface area contributed by atoms with Crippen LogP contribution in [-0.2, 0) is 0 Å². The number of aromatic nitrogens is 1. The normalized spacial score (nSPS) is 8.00.